The van der Waals surface area contributed by atoms with Gasteiger partial charge in [-0.1, -0.05) is 6.92 Å². The Labute approximate surface area is 75.8 Å². The van der Waals surface area contributed by atoms with Crippen LogP contribution in [0.3, 0.4) is 0 Å². The molecule has 0 aromatic carbocycles. The molecule has 0 aromatic heterocycles. The highest BCUT2D eigenvalue weighted by Gasteiger charge is 2.78. The molecule has 2 unspecified atom stereocenters. The molecule has 1 heterocycles. The van der Waals surface area contributed by atoms with Crippen molar-refractivity contribution in [3.05, 3.63) is 0 Å². The van der Waals surface area contributed by atoms with E-state index in [1.54, 1.807) is 0 Å². The number of fused-ring (bicyclic) bond motifs is 1. The fourth-order valence-corrected chi connectivity index (χ4v) is 5.78. The molecule has 11 heavy (non-hydrogen) atoms. The Morgan fingerprint density at radius 1 is 1.45 bits per heavy atom. The van der Waals surface area contributed by atoms with Gasteiger partial charge in [0, 0.05) is 11.3 Å². The molecule has 2 rings (SSSR count). The number of alkyl halides is 2. The summed E-state index contributed by atoms with van der Waals surface area (Å²) in [5, 5.41) is 0. The monoisotopic (exact) mass is 214 g/mol. The van der Waals surface area contributed by atoms with Crippen LogP contribution in [0.5, 0.6) is 0 Å². The first-order valence-electron chi connectivity index (χ1n) is 3.38. The zero-order valence-corrected chi connectivity index (χ0v) is 8.30. The molecule has 5 heteroatoms. The third-order valence-electron chi connectivity index (χ3n) is 2.83. The molecule has 64 valence electrons. The first-order chi connectivity index (χ1) is 4.80. The quantitative estimate of drug-likeness (QED) is 0.569. The second kappa shape index (κ2) is 1.73. The molecule has 1 aliphatic heterocycles. The number of sulfone groups is 1. The van der Waals surface area contributed by atoms with Crippen LogP contribution in [-0.4, -0.2) is 24.3 Å². The van der Waals surface area contributed by atoms with E-state index in [0.29, 0.717) is 0 Å². The Kier molecular flexibility index (Phi) is 1.28. The summed E-state index contributed by atoms with van der Waals surface area (Å²) in [6.45, 7) is 1.84. The molecule has 1 saturated heterocycles. The smallest absolute Gasteiger partial charge is 0.151 e. The maximum Gasteiger partial charge on any atom is 0.151 e. The highest BCUT2D eigenvalue weighted by molar-refractivity contribution is 7.91. The van der Waals surface area contributed by atoms with E-state index >= 15 is 0 Å². The average Bonchev–Trinajstić information content (AvgIpc) is 2.18. The van der Waals surface area contributed by atoms with Gasteiger partial charge in [-0.25, -0.2) is 8.42 Å². The van der Waals surface area contributed by atoms with E-state index in [-0.39, 0.29) is 22.8 Å². The minimum Gasteiger partial charge on any atom is -0.229 e. The summed E-state index contributed by atoms with van der Waals surface area (Å²) < 4.78 is 21.3. The summed E-state index contributed by atoms with van der Waals surface area (Å²) in [5.41, 5.74) is -0.366. The van der Waals surface area contributed by atoms with E-state index < -0.39 is 14.2 Å². The van der Waals surface area contributed by atoms with Gasteiger partial charge >= 0.3 is 0 Å². The van der Waals surface area contributed by atoms with Gasteiger partial charge < -0.3 is 0 Å². The molecular formula is C6H8Cl2O2S. The summed E-state index contributed by atoms with van der Waals surface area (Å²) in [5.74, 6) is 0.275. The third kappa shape index (κ3) is 0.822. The second-order valence-corrected chi connectivity index (χ2v) is 7.14. The Morgan fingerprint density at radius 3 is 2.27 bits per heavy atom. The first kappa shape index (κ1) is 8.14. The van der Waals surface area contributed by atoms with Crippen LogP contribution in [0, 0.1) is 11.3 Å². The molecule has 1 saturated carbocycles. The molecule has 1 aliphatic carbocycles. The Bertz CT molecular complexity index is 309. The molecule has 2 fully saturated rings. The predicted molar refractivity (Wildman–Crippen MR) is 44.7 cm³/mol. The van der Waals surface area contributed by atoms with Crippen LogP contribution >= 0.6 is 23.2 Å². The first-order valence-corrected chi connectivity index (χ1v) is 5.96. The minimum absolute atomic E-state index is 0.0386. The van der Waals surface area contributed by atoms with Crippen molar-refractivity contribution in [3.8, 4) is 0 Å². The van der Waals surface area contributed by atoms with E-state index in [9.17, 15) is 8.42 Å². The SMILES string of the molecule is CC12CS(=O)(=O)CC1C2(Cl)Cl. The fraction of sp³-hybridized carbons (Fsp3) is 1.00. The van der Waals surface area contributed by atoms with Crippen molar-refractivity contribution in [2.45, 2.75) is 11.3 Å². The van der Waals surface area contributed by atoms with Crippen molar-refractivity contribution in [2.24, 2.45) is 11.3 Å². The zero-order valence-electron chi connectivity index (χ0n) is 5.97. The summed E-state index contributed by atoms with van der Waals surface area (Å²) in [6, 6.07) is 0. The van der Waals surface area contributed by atoms with Gasteiger partial charge in [-0.05, 0) is 0 Å². The lowest BCUT2D eigenvalue weighted by Crippen LogP contribution is -2.18. The van der Waals surface area contributed by atoms with Crippen molar-refractivity contribution in [2.75, 3.05) is 11.5 Å². The lowest BCUT2D eigenvalue weighted by Gasteiger charge is -2.08. The molecule has 0 radical (unpaired) electrons. The highest BCUT2D eigenvalue weighted by atomic mass is 35.5. The van der Waals surface area contributed by atoms with Gasteiger partial charge in [0.25, 0.3) is 0 Å². The van der Waals surface area contributed by atoms with E-state index in [0.717, 1.165) is 0 Å². The van der Waals surface area contributed by atoms with Crippen molar-refractivity contribution in [1.82, 2.24) is 0 Å². The van der Waals surface area contributed by atoms with Gasteiger partial charge in [0.1, 0.15) is 4.33 Å². The molecule has 0 bridgehead atoms. The van der Waals surface area contributed by atoms with E-state index in [1.165, 1.54) is 0 Å². The van der Waals surface area contributed by atoms with Gasteiger partial charge in [-0.2, -0.15) is 0 Å². The van der Waals surface area contributed by atoms with Gasteiger partial charge in [0.15, 0.2) is 9.84 Å². The number of rotatable bonds is 0. The molecule has 2 nitrogen and oxygen atoms in total. The highest BCUT2D eigenvalue weighted by Crippen LogP contribution is 2.72. The van der Waals surface area contributed by atoms with Crippen LogP contribution in [0.15, 0.2) is 0 Å². The van der Waals surface area contributed by atoms with Crippen molar-refractivity contribution >= 4 is 33.0 Å². The number of halogens is 2. The van der Waals surface area contributed by atoms with Gasteiger partial charge in [-0.3, -0.25) is 0 Å². The molecule has 2 aliphatic rings. The molecule has 2 atom stereocenters. The fourth-order valence-electron chi connectivity index (χ4n) is 1.93. The van der Waals surface area contributed by atoms with Crippen molar-refractivity contribution in [1.29, 1.82) is 0 Å². The van der Waals surface area contributed by atoms with Crippen molar-refractivity contribution < 1.29 is 8.42 Å². The van der Waals surface area contributed by atoms with E-state index in [1.807, 2.05) is 6.92 Å². The molecule has 0 N–H and O–H groups in total. The van der Waals surface area contributed by atoms with Crippen LogP contribution in [0.25, 0.3) is 0 Å². The lowest BCUT2D eigenvalue weighted by atomic mass is 10.1. The minimum atomic E-state index is -2.84. The molecule has 0 amide bonds. The summed E-state index contributed by atoms with van der Waals surface area (Å²) >= 11 is 11.8. The van der Waals surface area contributed by atoms with Crippen LogP contribution in [-0.2, 0) is 9.84 Å². The average molecular weight is 215 g/mol. The Balaban J connectivity index is 2.35. The van der Waals surface area contributed by atoms with Gasteiger partial charge in [-0.15, -0.1) is 23.2 Å². The van der Waals surface area contributed by atoms with Crippen LogP contribution in [0.1, 0.15) is 6.92 Å². The lowest BCUT2D eigenvalue weighted by molar-refractivity contribution is 0.580. The topological polar surface area (TPSA) is 34.1 Å². The summed E-state index contributed by atoms with van der Waals surface area (Å²) in [7, 11) is -2.84. The number of hydrogen-bond donors (Lipinski definition) is 0. The largest absolute Gasteiger partial charge is 0.229 e. The third-order valence-corrected chi connectivity index (χ3v) is 6.10. The van der Waals surface area contributed by atoms with E-state index in [4.69, 9.17) is 23.2 Å². The maximum atomic E-state index is 11.0. The summed E-state index contributed by atoms with van der Waals surface area (Å²) in [4.78, 5) is 0. The predicted octanol–water partition coefficient (Wildman–Crippen LogP) is 1.22. The normalized spacial score (nSPS) is 50.3. The molecule has 0 aromatic rings. The van der Waals surface area contributed by atoms with Crippen LogP contribution in [0.4, 0.5) is 0 Å². The summed E-state index contributed by atoms with van der Waals surface area (Å²) in [6.07, 6.45) is 0. The zero-order chi connectivity index (χ0) is 8.49. The van der Waals surface area contributed by atoms with Gasteiger partial charge in [0.05, 0.1) is 11.5 Å². The maximum absolute atomic E-state index is 11.0. The second-order valence-electron chi connectivity index (χ2n) is 3.65. The van der Waals surface area contributed by atoms with Crippen LogP contribution < -0.4 is 0 Å². The standard InChI is InChI=1S/C6H8Cl2O2S/c1-5-3-11(9,10)2-4(5)6(5,7)8/h4H,2-3H2,1H3. The van der Waals surface area contributed by atoms with E-state index in [2.05, 4.69) is 0 Å². The molecular weight excluding hydrogens is 207 g/mol. The Hall–Kier alpha value is 0.530. The van der Waals surface area contributed by atoms with Crippen molar-refractivity contribution in [3.63, 3.8) is 0 Å². The van der Waals surface area contributed by atoms with Crippen LogP contribution in [0.2, 0.25) is 0 Å². The molecule has 0 spiro atoms. The van der Waals surface area contributed by atoms with Gasteiger partial charge in [0.2, 0.25) is 0 Å². The Morgan fingerprint density at radius 2 is 2.00 bits per heavy atom. The number of hydrogen-bond acceptors (Lipinski definition) is 2.